The largest absolute Gasteiger partial charge is 0.379 e. The van der Waals surface area contributed by atoms with Gasteiger partial charge in [-0.3, -0.25) is 9.89 Å². The first-order chi connectivity index (χ1) is 13.6. The zero-order valence-corrected chi connectivity index (χ0v) is 17.0. The Kier molecular flexibility index (Phi) is 7.36. The minimum absolute atomic E-state index is 0.156. The van der Waals surface area contributed by atoms with Crippen LogP contribution >= 0.6 is 11.3 Å². The number of hydrogen-bond donors (Lipinski definition) is 2. The molecule has 28 heavy (non-hydrogen) atoms. The first kappa shape index (κ1) is 20.7. The lowest BCUT2D eigenvalue weighted by atomic mass is 10.2. The van der Waals surface area contributed by atoms with Gasteiger partial charge in [-0.2, -0.15) is 0 Å². The van der Waals surface area contributed by atoms with Gasteiger partial charge in [0.05, 0.1) is 19.3 Å². The fourth-order valence-electron chi connectivity index (χ4n) is 3.20. The molecule has 1 aliphatic rings. The van der Waals surface area contributed by atoms with Crippen LogP contribution < -0.4 is 10.6 Å². The molecule has 0 saturated carbocycles. The number of rotatable bonds is 6. The normalized spacial score (nSPS) is 16.8. The van der Waals surface area contributed by atoms with Crippen molar-refractivity contribution in [3.05, 3.63) is 57.3 Å². The summed E-state index contributed by atoms with van der Waals surface area (Å²) < 4.78 is 32.7. The SMILES string of the molecule is CN=C(NCc1cc(F)ccc1F)NCC(c1ccc(C)s1)N1CCOCC1. The van der Waals surface area contributed by atoms with Crippen molar-refractivity contribution in [2.24, 2.45) is 4.99 Å². The van der Waals surface area contributed by atoms with Gasteiger partial charge in [0, 0.05) is 48.5 Å². The molecule has 0 bridgehead atoms. The summed E-state index contributed by atoms with van der Waals surface area (Å²) in [6.07, 6.45) is 0. The lowest BCUT2D eigenvalue weighted by Crippen LogP contribution is -2.46. The molecule has 5 nitrogen and oxygen atoms in total. The number of benzene rings is 1. The van der Waals surface area contributed by atoms with E-state index in [0.717, 1.165) is 38.4 Å². The standard InChI is InChI=1S/C20H26F2N4OS/c1-14-3-6-19(28-14)18(26-7-9-27-10-8-26)13-25-20(23-2)24-12-15-11-16(21)4-5-17(15)22/h3-6,11,18H,7-10,12-13H2,1-2H3,(H2,23,24,25). The number of nitrogens with zero attached hydrogens (tertiary/aromatic N) is 2. The van der Waals surface area contributed by atoms with Crippen molar-refractivity contribution in [1.29, 1.82) is 0 Å². The van der Waals surface area contributed by atoms with Crippen LogP contribution in [-0.4, -0.2) is 50.8 Å². The molecule has 1 unspecified atom stereocenters. The van der Waals surface area contributed by atoms with Crippen LogP contribution in [0.4, 0.5) is 8.78 Å². The molecule has 2 N–H and O–H groups in total. The maximum absolute atomic E-state index is 13.8. The average Bonchev–Trinajstić information content (AvgIpc) is 3.13. The van der Waals surface area contributed by atoms with Crippen LogP contribution in [0.2, 0.25) is 0 Å². The third-order valence-electron chi connectivity index (χ3n) is 4.72. The van der Waals surface area contributed by atoms with Crippen molar-refractivity contribution in [2.45, 2.75) is 19.5 Å². The van der Waals surface area contributed by atoms with Gasteiger partial charge in [0.15, 0.2) is 5.96 Å². The molecule has 1 aromatic carbocycles. The Morgan fingerprint density at radius 3 is 2.68 bits per heavy atom. The molecule has 1 atom stereocenters. The Morgan fingerprint density at radius 1 is 1.21 bits per heavy atom. The molecular weight excluding hydrogens is 382 g/mol. The van der Waals surface area contributed by atoms with Gasteiger partial charge in [0.25, 0.3) is 0 Å². The smallest absolute Gasteiger partial charge is 0.191 e. The van der Waals surface area contributed by atoms with Gasteiger partial charge < -0.3 is 15.4 Å². The molecule has 1 aromatic heterocycles. The van der Waals surface area contributed by atoms with E-state index in [1.165, 1.54) is 15.8 Å². The number of hydrogen-bond acceptors (Lipinski definition) is 4. The lowest BCUT2D eigenvalue weighted by molar-refractivity contribution is 0.0177. The number of halogens is 2. The van der Waals surface area contributed by atoms with E-state index in [9.17, 15) is 8.78 Å². The predicted molar refractivity (Wildman–Crippen MR) is 109 cm³/mol. The zero-order valence-electron chi connectivity index (χ0n) is 16.2. The molecule has 0 aliphatic carbocycles. The second kappa shape index (κ2) is 9.95. The highest BCUT2D eigenvalue weighted by molar-refractivity contribution is 7.12. The molecule has 3 rings (SSSR count). The number of aryl methyl sites for hydroxylation is 1. The minimum Gasteiger partial charge on any atom is -0.379 e. The third-order valence-corrected chi connectivity index (χ3v) is 5.82. The summed E-state index contributed by atoms with van der Waals surface area (Å²) in [4.78, 5) is 9.18. The van der Waals surface area contributed by atoms with E-state index in [4.69, 9.17) is 4.74 Å². The van der Waals surface area contributed by atoms with Gasteiger partial charge >= 0.3 is 0 Å². The van der Waals surface area contributed by atoms with E-state index in [0.29, 0.717) is 12.5 Å². The zero-order chi connectivity index (χ0) is 19.9. The number of morpholine rings is 1. The van der Waals surface area contributed by atoms with Crippen LogP contribution in [-0.2, 0) is 11.3 Å². The second-order valence-electron chi connectivity index (χ2n) is 6.65. The predicted octanol–water partition coefficient (Wildman–Crippen LogP) is 3.07. The monoisotopic (exact) mass is 408 g/mol. The van der Waals surface area contributed by atoms with Gasteiger partial charge in [-0.05, 0) is 37.3 Å². The van der Waals surface area contributed by atoms with Crippen LogP contribution in [0.1, 0.15) is 21.4 Å². The number of aliphatic imine (C=N–C) groups is 1. The van der Waals surface area contributed by atoms with Crippen LogP contribution in [0.25, 0.3) is 0 Å². The van der Waals surface area contributed by atoms with E-state index < -0.39 is 11.6 Å². The number of ether oxygens (including phenoxy) is 1. The van der Waals surface area contributed by atoms with Gasteiger partial charge in [-0.15, -0.1) is 11.3 Å². The number of thiophene rings is 1. The highest BCUT2D eigenvalue weighted by Gasteiger charge is 2.24. The first-order valence-corrected chi connectivity index (χ1v) is 10.1. The molecule has 1 fully saturated rings. The third kappa shape index (κ3) is 5.50. The minimum atomic E-state index is -0.457. The summed E-state index contributed by atoms with van der Waals surface area (Å²) >= 11 is 1.79. The summed E-state index contributed by atoms with van der Waals surface area (Å²) in [6, 6.07) is 7.94. The Hall–Kier alpha value is -2.03. The van der Waals surface area contributed by atoms with Crippen LogP contribution in [0.15, 0.2) is 35.3 Å². The molecule has 2 aromatic rings. The molecule has 1 saturated heterocycles. The fraction of sp³-hybridized carbons (Fsp3) is 0.450. The van der Waals surface area contributed by atoms with E-state index in [2.05, 4.69) is 39.6 Å². The second-order valence-corrected chi connectivity index (χ2v) is 7.97. The first-order valence-electron chi connectivity index (χ1n) is 9.33. The van der Waals surface area contributed by atoms with Gasteiger partial charge in [-0.25, -0.2) is 8.78 Å². The lowest BCUT2D eigenvalue weighted by Gasteiger charge is -2.34. The van der Waals surface area contributed by atoms with Crippen molar-refractivity contribution in [1.82, 2.24) is 15.5 Å². The highest BCUT2D eigenvalue weighted by Crippen LogP contribution is 2.27. The summed E-state index contributed by atoms with van der Waals surface area (Å²) in [5.74, 6) is -0.346. The fourth-order valence-corrected chi connectivity index (χ4v) is 4.22. The maximum Gasteiger partial charge on any atom is 0.191 e. The average molecular weight is 409 g/mol. The number of guanidine groups is 1. The Morgan fingerprint density at radius 2 is 2.00 bits per heavy atom. The topological polar surface area (TPSA) is 48.9 Å². The van der Waals surface area contributed by atoms with E-state index in [-0.39, 0.29) is 18.2 Å². The highest BCUT2D eigenvalue weighted by atomic mass is 32.1. The molecule has 1 aliphatic heterocycles. The number of nitrogens with one attached hydrogen (secondary N) is 2. The molecule has 0 amide bonds. The molecule has 152 valence electrons. The summed E-state index contributed by atoms with van der Waals surface area (Å²) in [5.41, 5.74) is 0.265. The van der Waals surface area contributed by atoms with Crippen LogP contribution in [0.5, 0.6) is 0 Å². The maximum atomic E-state index is 13.8. The van der Waals surface area contributed by atoms with Crippen molar-refractivity contribution < 1.29 is 13.5 Å². The molecular formula is C20H26F2N4OS. The Labute approximate surface area is 168 Å². The van der Waals surface area contributed by atoms with Crippen LogP contribution in [0, 0.1) is 18.6 Å². The van der Waals surface area contributed by atoms with Gasteiger partial charge in [0.1, 0.15) is 11.6 Å². The van der Waals surface area contributed by atoms with Crippen molar-refractivity contribution in [3.8, 4) is 0 Å². The van der Waals surface area contributed by atoms with E-state index in [1.807, 2.05) is 0 Å². The molecule has 2 heterocycles. The van der Waals surface area contributed by atoms with Crippen molar-refractivity contribution >= 4 is 17.3 Å². The quantitative estimate of drug-likeness (QED) is 0.570. The molecule has 8 heteroatoms. The van der Waals surface area contributed by atoms with Crippen molar-refractivity contribution in [3.63, 3.8) is 0 Å². The van der Waals surface area contributed by atoms with Gasteiger partial charge in [-0.1, -0.05) is 0 Å². The Balaban J connectivity index is 1.62. The van der Waals surface area contributed by atoms with E-state index in [1.54, 1.807) is 18.4 Å². The van der Waals surface area contributed by atoms with E-state index >= 15 is 0 Å². The van der Waals surface area contributed by atoms with Gasteiger partial charge in [0.2, 0.25) is 0 Å². The summed E-state index contributed by atoms with van der Waals surface area (Å²) in [7, 11) is 1.66. The molecule has 0 spiro atoms. The van der Waals surface area contributed by atoms with Crippen molar-refractivity contribution in [2.75, 3.05) is 39.9 Å². The molecule has 0 radical (unpaired) electrons. The summed E-state index contributed by atoms with van der Waals surface area (Å²) in [5, 5.41) is 6.39. The Bertz CT molecular complexity index is 805. The summed E-state index contributed by atoms with van der Waals surface area (Å²) in [6.45, 7) is 6.13. The van der Waals surface area contributed by atoms with Crippen LogP contribution in [0.3, 0.4) is 0 Å².